The number of likely N-dealkylation sites (tertiary alicyclic amines) is 1. The summed E-state index contributed by atoms with van der Waals surface area (Å²) >= 11 is 0. The average molecular weight is 282 g/mol. The second-order valence-electron chi connectivity index (χ2n) is 6.84. The predicted octanol–water partition coefficient (Wildman–Crippen LogP) is 0.112. The van der Waals surface area contributed by atoms with E-state index < -0.39 is 5.54 Å². The van der Waals surface area contributed by atoms with Crippen LogP contribution in [0.15, 0.2) is 0 Å². The summed E-state index contributed by atoms with van der Waals surface area (Å²) < 4.78 is 0. The third-order valence-corrected chi connectivity index (χ3v) is 4.99. The number of hydrogen-bond acceptors (Lipinski definition) is 4. The molecule has 0 aromatic heterocycles. The monoisotopic (exact) mass is 282 g/mol. The number of nitrogens with one attached hydrogen (secondary N) is 1. The number of nitrogens with two attached hydrogens (primary N) is 1. The molecule has 5 nitrogen and oxygen atoms in total. The van der Waals surface area contributed by atoms with E-state index in [4.69, 9.17) is 5.73 Å². The molecule has 0 bridgehead atoms. The number of hydrogen-bond donors (Lipinski definition) is 2. The summed E-state index contributed by atoms with van der Waals surface area (Å²) in [5.41, 5.74) is 5.25. The largest absolute Gasteiger partial charge is 0.368 e. The van der Waals surface area contributed by atoms with Crippen molar-refractivity contribution in [2.45, 2.75) is 38.3 Å². The Morgan fingerprint density at radius 3 is 2.45 bits per heavy atom. The number of carbonyl (C=O) groups is 1. The Labute approximate surface area is 122 Å². The summed E-state index contributed by atoms with van der Waals surface area (Å²) in [5, 5.41) is 3.41. The van der Waals surface area contributed by atoms with Gasteiger partial charge in [0.25, 0.3) is 0 Å². The van der Waals surface area contributed by atoms with Gasteiger partial charge in [-0.2, -0.15) is 0 Å². The highest BCUT2D eigenvalue weighted by atomic mass is 16.1. The number of rotatable bonds is 7. The molecule has 2 rings (SSSR count). The molecule has 1 saturated heterocycles. The zero-order chi connectivity index (χ0) is 14.9. The van der Waals surface area contributed by atoms with Crippen LogP contribution in [0.25, 0.3) is 0 Å². The van der Waals surface area contributed by atoms with Gasteiger partial charge in [0.05, 0.1) is 0 Å². The predicted molar refractivity (Wildman–Crippen MR) is 81.4 cm³/mol. The van der Waals surface area contributed by atoms with Gasteiger partial charge in [0, 0.05) is 25.7 Å². The van der Waals surface area contributed by atoms with Gasteiger partial charge in [-0.3, -0.25) is 9.69 Å². The normalized spacial score (nSPS) is 30.6. The Morgan fingerprint density at radius 2 is 2.05 bits per heavy atom. The van der Waals surface area contributed by atoms with Crippen molar-refractivity contribution in [3.8, 4) is 0 Å². The Kier molecular flexibility index (Phi) is 4.72. The van der Waals surface area contributed by atoms with Crippen molar-refractivity contribution in [2.75, 3.05) is 40.3 Å². The molecule has 20 heavy (non-hydrogen) atoms. The van der Waals surface area contributed by atoms with Crippen LogP contribution in [-0.2, 0) is 4.79 Å². The van der Waals surface area contributed by atoms with E-state index in [0.29, 0.717) is 17.9 Å². The summed E-state index contributed by atoms with van der Waals surface area (Å²) in [7, 11) is 4.27. The molecule has 5 heteroatoms. The third-order valence-electron chi connectivity index (χ3n) is 4.99. The zero-order valence-electron chi connectivity index (χ0n) is 13.4. The summed E-state index contributed by atoms with van der Waals surface area (Å²) in [6, 6.07) is 0.571. The number of amides is 1. The number of primary amides is 1. The van der Waals surface area contributed by atoms with Crippen LogP contribution in [0.2, 0.25) is 0 Å². The number of nitrogens with zero attached hydrogens (tertiary/aromatic N) is 2. The van der Waals surface area contributed by atoms with Gasteiger partial charge < -0.3 is 16.0 Å². The highest BCUT2D eigenvalue weighted by molar-refractivity contribution is 5.86. The molecule has 0 radical (unpaired) electrons. The molecule has 2 fully saturated rings. The minimum absolute atomic E-state index is 0.178. The molecule has 0 aromatic rings. The van der Waals surface area contributed by atoms with Crippen LogP contribution in [0, 0.1) is 11.8 Å². The molecular weight excluding hydrogens is 252 g/mol. The highest BCUT2D eigenvalue weighted by Crippen LogP contribution is 2.40. The van der Waals surface area contributed by atoms with Gasteiger partial charge in [0.15, 0.2) is 0 Å². The first kappa shape index (κ1) is 15.7. The van der Waals surface area contributed by atoms with E-state index in [2.05, 4.69) is 43.1 Å². The van der Waals surface area contributed by atoms with Crippen LogP contribution in [0.4, 0.5) is 0 Å². The van der Waals surface area contributed by atoms with Crippen LogP contribution in [0.3, 0.4) is 0 Å². The first-order valence-corrected chi connectivity index (χ1v) is 7.84. The topological polar surface area (TPSA) is 61.6 Å². The summed E-state index contributed by atoms with van der Waals surface area (Å²) in [6.07, 6.45) is 2.24. The molecule has 1 amide bonds. The molecule has 0 spiro atoms. The highest BCUT2D eigenvalue weighted by Gasteiger charge is 2.51. The molecule has 3 N–H and O–H groups in total. The van der Waals surface area contributed by atoms with E-state index in [9.17, 15) is 4.79 Å². The van der Waals surface area contributed by atoms with Crippen LogP contribution in [0.1, 0.15) is 26.7 Å². The van der Waals surface area contributed by atoms with Gasteiger partial charge in [-0.05, 0) is 45.3 Å². The van der Waals surface area contributed by atoms with Gasteiger partial charge >= 0.3 is 0 Å². The number of carbonyl (C=O) groups excluding carboxylic acids is 1. The Balaban J connectivity index is 2.07. The Bertz CT molecular complexity index is 356. The van der Waals surface area contributed by atoms with Gasteiger partial charge in [-0.25, -0.2) is 0 Å². The van der Waals surface area contributed by atoms with Crippen molar-refractivity contribution in [1.29, 1.82) is 0 Å². The minimum Gasteiger partial charge on any atom is -0.368 e. The Hall–Kier alpha value is -0.650. The first-order valence-electron chi connectivity index (χ1n) is 7.84. The van der Waals surface area contributed by atoms with Crippen molar-refractivity contribution < 1.29 is 4.79 Å². The molecular formula is C15H30N4O. The summed E-state index contributed by atoms with van der Waals surface area (Å²) in [5.74, 6) is 0.882. The fourth-order valence-corrected chi connectivity index (χ4v) is 3.79. The second-order valence-corrected chi connectivity index (χ2v) is 6.84. The molecule has 116 valence electrons. The molecule has 3 unspecified atom stereocenters. The third kappa shape index (κ3) is 3.00. The lowest BCUT2D eigenvalue weighted by Gasteiger charge is -2.35. The van der Waals surface area contributed by atoms with Crippen molar-refractivity contribution >= 4 is 5.91 Å². The second kappa shape index (κ2) is 6.00. The number of likely N-dealkylation sites (N-methyl/N-ethyl adjacent to an activating group) is 2. The quantitative estimate of drug-likeness (QED) is 0.696. The van der Waals surface area contributed by atoms with Crippen molar-refractivity contribution in [3.63, 3.8) is 0 Å². The summed E-state index contributed by atoms with van der Waals surface area (Å²) in [4.78, 5) is 16.8. The molecule has 3 atom stereocenters. The molecule has 0 aromatic carbocycles. The van der Waals surface area contributed by atoms with Crippen molar-refractivity contribution in [2.24, 2.45) is 17.6 Å². The molecule has 1 saturated carbocycles. The molecule has 2 aliphatic rings. The Morgan fingerprint density at radius 1 is 1.40 bits per heavy atom. The van der Waals surface area contributed by atoms with Gasteiger partial charge in [-0.15, -0.1) is 0 Å². The van der Waals surface area contributed by atoms with Crippen molar-refractivity contribution in [3.05, 3.63) is 0 Å². The van der Waals surface area contributed by atoms with Gasteiger partial charge in [0.2, 0.25) is 5.91 Å². The first-order chi connectivity index (χ1) is 9.40. The van der Waals surface area contributed by atoms with E-state index >= 15 is 0 Å². The minimum atomic E-state index is -0.518. The summed E-state index contributed by atoms with van der Waals surface area (Å²) in [6.45, 7) is 7.98. The zero-order valence-corrected chi connectivity index (χ0v) is 13.4. The van der Waals surface area contributed by atoms with E-state index in [1.165, 1.54) is 0 Å². The van der Waals surface area contributed by atoms with Gasteiger partial charge in [-0.1, -0.05) is 13.8 Å². The lowest BCUT2D eigenvalue weighted by atomic mass is 9.91. The maximum absolute atomic E-state index is 12.1. The maximum Gasteiger partial charge on any atom is 0.239 e. The van der Waals surface area contributed by atoms with Crippen molar-refractivity contribution in [1.82, 2.24) is 15.1 Å². The van der Waals surface area contributed by atoms with E-state index in [1.807, 2.05) is 0 Å². The lowest BCUT2D eigenvalue weighted by molar-refractivity contribution is -0.126. The van der Waals surface area contributed by atoms with Crippen LogP contribution >= 0.6 is 0 Å². The van der Waals surface area contributed by atoms with E-state index in [0.717, 1.165) is 39.0 Å². The average Bonchev–Trinajstić information content (AvgIpc) is 3.13. The van der Waals surface area contributed by atoms with Gasteiger partial charge in [0.1, 0.15) is 5.54 Å². The molecule has 1 heterocycles. The fraction of sp³-hybridized carbons (Fsp3) is 0.933. The van der Waals surface area contributed by atoms with Crippen LogP contribution < -0.4 is 11.1 Å². The van der Waals surface area contributed by atoms with E-state index in [-0.39, 0.29) is 5.91 Å². The maximum atomic E-state index is 12.1. The van der Waals surface area contributed by atoms with Crippen LogP contribution in [-0.4, -0.2) is 67.6 Å². The molecule has 1 aliphatic carbocycles. The smallest absolute Gasteiger partial charge is 0.239 e. The van der Waals surface area contributed by atoms with Crippen LogP contribution in [0.5, 0.6) is 0 Å². The fourth-order valence-electron chi connectivity index (χ4n) is 3.79. The molecule has 1 aliphatic heterocycles. The lowest BCUT2D eigenvalue weighted by Crippen LogP contribution is -2.63. The standard InChI is InChI=1S/C15H30N4O/c1-5-17-15(14(16)20,12-6-7-12)10-19-8-11(2)13(9-19)18(3)4/h11-13,17H,5-10H2,1-4H3,(H2,16,20). The van der Waals surface area contributed by atoms with E-state index in [1.54, 1.807) is 0 Å². The SMILES string of the molecule is CCNC(CN1CC(C)C(N(C)C)C1)(C(N)=O)C1CC1.